The van der Waals surface area contributed by atoms with Gasteiger partial charge in [-0.15, -0.1) is 0 Å². The molecule has 1 aromatic carbocycles. The molecule has 118 valence electrons. The van der Waals surface area contributed by atoms with Crippen molar-refractivity contribution in [3.8, 4) is 0 Å². The number of sulfonamides is 1. The second-order valence-electron chi connectivity index (χ2n) is 5.55. The summed E-state index contributed by atoms with van der Waals surface area (Å²) in [7, 11) is -3.53. The fourth-order valence-electron chi connectivity index (χ4n) is 2.56. The van der Waals surface area contributed by atoms with Crippen molar-refractivity contribution in [3.05, 3.63) is 23.3 Å². The SMILES string of the molecule is CCN(CC1CCCO1)S(=O)(=O)c1cc(C)c(C)c(N)c1. The van der Waals surface area contributed by atoms with Crippen molar-refractivity contribution >= 4 is 15.7 Å². The van der Waals surface area contributed by atoms with Gasteiger partial charge in [0.25, 0.3) is 0 Å². The number of hydrogen-bond donors (Lipinski definition) is 1. The Kier molecular flexibility index (Phi) is 4.91. The van der Waals surface area contributed by atoms with E-state index in [1.807, 2.05) is 20.8 Å². The van der Waals surface area contributed by atoms with Crippen LogP contribution < -0.4 is 5.73 Å². The summed E-state index contributed by atoms with van der Waals surface area (Å²) < 4.78 is 32.6. The molecule has 2 rings (SSSR count). The quantitative estimate of drug-likeness (QED) is 0.845. The van der Waals surface area contributed by atoms with Crippen molar-refractivity contribution in [1.82, 2.24) is 4.31 Å². The molecule has 0 amide bonds. The molecule has 21 heavy (non-hydrogen) atoms. The Morgan fingerprint density at radius 3 is 2.62 bits per heavy atom. The highest BCUT2D eigenvalue weighted by Gasteiger charge is 2.28. The summed E-state index contributed by atoms with van der Waals surface area (Å²) in [6.07, 6.45) is 1.92. The molecule has 0 radical (unpaired) electrons. The van der Waals surface area contributed by atoms with E-state index in [-0.39, 0.29) is 11.0 Å². The minimum absolute atomic E-state index is 0.00335. The maximum absolute atomic E-state index is 12.8. The predicted molar refractivity (Wildman–Crippen MR) is 83.7 cm³/mol. The topological polar surface area (TPSA) is 72.6 Å². The van der Waals surface area contributed by atoms with Crippen LogP contribution in [0.15, 0.2) is 17.0 Å². The summed E-state index contributed by atoms with van der Waals surface area (Å²) >= 11 is 0. The number of hydrogen-bond acceptors (Lipinski definition) is 4. The smallest absolute Gasteiger partial charge is 0.243 e. The van der Waals surface area contributed by atoms with Gasteiger partial charge in [0.05, 0.1) is 11.0 Å². The van der Waals surface area contributed by atoms with E-state index in [9.17, 15) is 8.42 Å². The molecule has 0 saturated carbocycles. The highest BCUT2D eigenvalue weighted by molar-refractivity contribution is 7.89. The predicted octanol–water partition coefficient (Wildman–Crippen LogP) is 2.08. The summed E-state index contributed by atoms with van der Waals surface area (Å²) in [4.78, 5) is 0.267. The fourth-order valence-corrected chi connectivity index (χ4v) is 4.17. The summed E-state index contributed by atoms with van der Waals surface area (Å²) in [6.45, 7) is 7.17. The van der Waals surface area contributed by atoms with Crippen molar-refractivity contribution in [2.24, 2.45) is 0 Å². The molecule has 5 nitrogen and oxygen atoms in total. The lowest BCUT2D eigenvalue weighted by atomic mass is 10.1. The van der Waals surface area contributed by atoms with Gasteiger partial charge in [0.15, 0.2) is 0 Å². The number of nitrogens with zero attached hydrogens (tertiary/aromatic N) is 1. The number of rotatable bonds is 5. The van der Waals surface area contributed by atoms with Gasteiger partial charge in [-0.3, -0.25) is 0 Å². The van der Waals surface area contributed by atoms with Crippen LogP contribution in [0.1, 0.15) is 30.9 Å². The number of nitrogens with two attached hydrogens (primary N) is 1. The molecule has 0 bridgehead atoms. The van der Waals surface area contributed by atoms with E-state index in [0.29, 0.717) is 18.8 Å². The number of benzene rings is 1. The molecule has 1 aromatic rings. The second-order valence-corrected chi connectivity index (χ2v) is 7.48. The van der Waals surface area contributed by atoms with Crippen LogP contribution in [0.3, 0.4) is 0 Å². The summed E-state index contributed by atoms with van der Waals surface area (Å²) in [6, 6.07) is 3.25. The van der Waals surface area contributed by atoms with Gasteiger partial charge < -0.3 is 10.5 Å². The van der Waals surface area contributed by atoms with Crippen molar-refractivity contribution in [1.29, 1.82) is 0 Å². The number of aryl methyl sites for hydroxylation is 1. The number of likely N-dealkylation sites (N-methyl/N-ethyl adjacent to an activating group) is 1. The first-order valence-electron chi connectivity index (χ1n) is 7.34. The number of nitrogen functional groups attached to an aromatic ring is 1. The molecule has 0 spiro atoms. The molecule has 1 saturated heterocycles. The van der Waals surface area contributed by atoms with Gasteiger partial charge in [-0.05, 0) is 49.9 Å². The van der Waals surface area contributed by atoms with Gasteiger partial charge in [0.1, 0.15) is 0 Å². The van der Waals surface area contributed by atoms with E-state index in [4.69, 9.17) is 10.5 Å². The molecular formula is C15H24N2O3S. The standard InChI is InChI=1S/C15H24N2O3S/c1-4-17(10-13-6-5-7-20-13)21(18,19)14-8-11(2)12(3)15(16)9-14/h8-9,13H,4-7,10,16H2,1-3H3. The lowest BCUT2D eigenvalue weighted by Crippen LogP contribution is -2.37. The van der Waals surface area contributed by atoms with Crippen LogP contribution in [0.2, 0.25) is 0 Å². The van der Waals surface area contributed by atoms with Gasteiger partial charge in [-0.1, -0.05) is 6.92 Å². The minimum atomic E-state index is -3.53. The molecule has 1 unspecified atom stereocenters. The zero-order valence-corrected chi connectivity index (χ0v) is 13.7. The Hall–Kier alpha value is -1.11. The first-order chi connectivity index (χ1) is 9.86. The molecule has 1 atom stereocenters. The van der Waals surface area contributed by atoms with Crippen molar-refractivity contribution < 1.29 is 13.2 Å². The summed E-state index contributed by atoms with van der Waals surface area (Å²) in [5.74, 6) is 0. The van der Waals surface area contributed by atoms with Crippen molar-refractivity contribution in [2.75, 3.05) is 25.4 Å². The third-order valence-electron chi connectivity index (χ3n) is 4.10. The van der Waals surface area contributed by atoms with Gasteiger partial charge in [-0.2, -0.15) is 4.31 Å². The van der Waals surface area contributed by atoms with E-state index >= 15 is 0 Å². The van der Waals surface area contributed by atoms with Gasteiger partial charge in [0, 0.05) is 25.4 Å². The van der Waals surface area contributed by atoms with E-state index in [0.717, 1.165) is 30.6 Å². The molecule has 0 aliphatic carbocycles. The first kappa shape index (κ1) is 16.3. The van der Waals surface area contributed by atoms with E-state index < -0.39 is 10.0 Å². The zero-order valence-electron chi connectivity index (χ0n) is 12.9. The Morgan fingerprint density at radius 1 is 1.38 bits per heavy atom. The number of anilines is 1. The summed E-state index contributed by atoms with van der Waals surface area (Å²) in [5.41, 5.74) is 8.25. The van der Waals surface area contributed by atoms with E-state index in [1.165, 1.54) is 4.31 Å². The van der Waals surface area contributed by atoms with Crippen LogP contribution in [-0.4, -0.2) is 38.5 Å². The molecular weight excluding hydrogens is 288 g/mol. The molecule has 1 fully saturated rings. The molecule has 1 aliphatic rings. The maximum atomic E-state index is 12.8. The molecule has 1 aliphatic heterocycles. The van der Waals surface area contributed by atoms with Crippen molar-refractivity contribution in [2.45, 2.75) is 44.6 Å². The van der Waals surface area contributed by atoms with Crippen LogP contribution in [0.5, 0.6) is 0 Å². The lowest BCUT2D eigenvalue weighted by molar-refractivity contribution is 0.0947. The monoisotopic (exact) mass is 312 g/mol. The zero-order chi connectivity index (χ0) is 15.6. The highest BCUT2D eigenvalue weighted by Crippen LogP contribution is 2.25. The molecule has 1 heterocycles. The highest BCUT2D eigenvalue weighted by atomic mass is 32.2. The van der Waals surface area contributed by atoms with Gasteiger partial charge >= 0.3 is 0 Å². The van der Waals surface area contributed by atoms with Crippen molar-refractivity contribution in [3.63, 3.8) is 0 Å². The van der Waals surface area contributed by atoms with E-state index in [2.05, 4.69) is 0 Å². The average molecular weight is 312 g/mol. The number of ether oxygens (including phenoxy) is 1. The van der Waals surface area contributed by atoms with Crippen LogP contribution >= 0.6 is 0 Å². The molecule has 2 N–H and O–H groups in total. The van der Waals surface area contributed by atoms with Gasteiger partial charge in [-0.25, -0.2) is 8.42 Å². The second kappa shape index (κ2) is 6.34. The lowest BCUT2D eigenvalue weighted by Gasteiger charge is -2.24. The maximum Gasteiger partial charge on any atom is 0.243 e. The van der Waals surface area contributed by atoms with E-state index in [1.54, 1.807) is 12.1 Å². The van der Waals surface area contributed by atoms with Crippen LogP contribution in [0, 0.1) is 13.8 Å². The minimum Gasteiger partial charge on any atom is -0.398 e. The Morgan fingerprint density at radius 2 is 2.10 bits per heavy atom. The van der Waals surface area contributed by atoms with Crippen LogP contribution in [-0.2, 0) is 14.8 Å². The first-order valence-corrected chi connectivity index (χ1v) is 8.78. The Bertz CT molecular complexity index is 584. The average Bonchev–Trinajstić information content (AvgIpc) is 2.94. The Balaban J connectivity index is 2.30. The molecule has 0 aromatic heterocycles. The van der Waals surface area contributed by atoms with Crippen LogP contribution in [0.4, 0.5) is 5.69 Å². The fraction of sp³-hybridized carbons (Fsp3) is 0.600. The largest absolute Gasteiger partial charge is 0.398 e. The van der Waals surface area contributed by atoms with Crippen LogP contribution in [0.25, 0.3) is 0 Å². The van der Waals surface area contributed by atoms with Gasteiger partial charge in [0.2, 0.25) is 10.0 Å². The summed E-state index contributed by atoms with van der Waals surface area (Å²) in [5, 5.41) is 0. The third kappa shape index (κ3) is 3.39. The Labute approximate surface area is 127 Å². The molecule has 6 heteroatoms. The third-order valence-corrected chi connectivity index (χ3v) is 6.02. The normalized spacial score (nSPS) is 19.3.